The van der Waals surface area contributed by atoms with E-state index in [-0.39, 0.29) is 31.2 Å². The number of rotatable bonds is 6. The molecule has 160 valence electrons. The molecule has 1 aromatic rings. The predicted octanol–water partition coefficient (Wildman–Crippen LogP) is 0.796. The molecule has 1 aromatic carbocycles. The van der Waals surface area contributed by atoms with Crippen LogP contribution in [0.3, 0.4) is 0 Å². The Labute approximate surface area is 177 Å². The number of hydrogen-bond donors (Lipinski definition) is 2. The minimum atomic E-state index is -1.24. The second-order valence-corrected chi connectivity index (χ2v) is 9.43. The summed E-state index contributed by atoms with van der Waals surface area (Å²) in [5.74, 6) is -2.20. The van der Waals surface area contributed by atoms with Gasteiger partial charge in [0.2, 0.25) is 17.7 Å². The van der Waals surface area contributed by atoms with E-state index in [0.29, 0.717) is 5.75 Å². The van der Waals surface area contributed by atoms with Crippen LogP contribution in [0.15, 0.2) is 24.3 Å². The molecule has 4 rings (SSSR count). The van der Waals surface area contributed by atoms with Gasteiger partial charge in [-0.15, -0.1) is 0 Å². The minimum Gasteiger partial charge on any atom is -0.480 e. The van der Waals surface area contributed by atoms with Crippen molar-refractivity contribution >= 4 is 35.5 Å². The molecule has 0 spiro atoms. The van der Waals surface area contributed by atoms with E-state index in [9.17, 15) is 29.4 Å². The van der Waals surface area contributed by atoms with Crippen molar-refractivity contribution < 1.29 is 34.1 Å². The Balaban J connectivity index is 1.50. The van der Waals surface area contributed by atoms with Gasteiger partial charge in [-0.3, -0.25) is 19.3 Å². The number of thioether (sulfide) groups is 1. The molecule has 3 saturated heterocycles. The predicted molar refractivity (Wildman–Crippen MR) is 105 cm³/mol. The van der Waals surface area contributed by atoms with E-state index in [2.05, 4.69) is 0 Å². The lowest BCUT2D eigenvalue weighted by Crippen LogP contribution is -2.65. The second-order valence-electron chi connectivity index (χ2n) is 7.90. The van der Waals surface area contributed by atoms with Crippen LogP contribution in [0.4, 0.5) is 0 Å². The Morgan fingerprint density at radius 2 is 1.83 bits per heavy atom. The summed E-state index contributed by atoms with van der Waals surface area (Å²) in [6.45, 7) is 3.32. The first-order valence-electron chi connectivity index (χ1n) is 9.64. The van der Waals surface area contributed by atoms with Crippen LogP contribution in [-0.4, -0.2) is 66.2 Å². The standard InChI is InChI=1S/C20H22N2O7S/c1-10(23)15-17(26)22-16(19(27)28)20(2,30-18(15)22)29-12-5-3-11(4-6-12)9-21-13(24)7-8-14(21)25/h3-6,10,15-16,18,23H,7-9H2,1-2H3,(H,27,28)/t10-,15+,16?,18-,20?/m1/s1. The molecule has 0 radical (unpaired) electrons. The lowest BCUT2D eigenvalue weighted by Gasteiger charge is -2.44. The van der Waals surface area contributed by atoms with Gasteiger partial charge in [-0.1, -0.05) is 23.9 Å². The maximum Gasteiger partial charge on any atom is 0.331 e. The number of carboxylic acids is 1. The van der Waals surface area contributed by atoms with Crippen molar-refractivity contribution in [3.8, 4) is 5.75 Å². The molecule has 3 heterocycles. The van der Waals surface area contributed by atoms with E-state index in [1.807, 2.05) is 0 Å². The van der Waals surface area contributed by atoms with E-state index in [4.69, 9.17) is 4.74 Å². The number of nitrogens with zero attached hydrogens (tertiary/aromatic N) is 2. The minimum absolute atomic E-state index is 0.183. The maximum atomic E-state index is 12.4. The quantitative estimate of drug-likeness (QED) is 0.498. The largest absolute Gasteiger partial charge is 0.480 e. The van der Waals surface area contributed by atoms with Crippen LogP contribution in [0, 0.1) is 5.92 Å². The normalized spacial score (nSPS) is 31.6. The smallest absolute Gasteiger partial charge is 0.331 e. The van der Waals surface area contributed by atoms with Gasteiger partial charge in [-0.2, -0.15) is 0 Å². The molecule has 2 unspecified atom stereocenters. The molecule has 9 nitrogen and oxygen atoms in total. The Morgan fingerprint density at radius 3 is 2.37 bits per heavy atom. The number of ether oxygens (including phenoxy) is 1. The zero-order chi connectivity index (χ0) is 21.8. The fourth-order valence-electron chi connectivity index (χ4n) is 4.22. The van der Waals surface area contributed by atoms with Crippen molar-refractivity contribution in [3.05, 3.63) is 29.8 Å². The van der Waals surface area contributed by atoms with E-state index >= 15 is 0 Å². The van der Waals surface area contributed by atoms with Crippen molar-refractivity contribution in [2.45, 2.75) is 55.7 Å². The molecular formula is C20H22N2O7S. The third-order valence-corrected chi connectivity index (χ3v) is 7.28. The van der Waals surface area contributed by atoms with Crippen LogP contribution in [-0.2, 0) is 25.7 Å². The summed E-state index contributed by atoms with van der Waals surface area (Å²) < 4.78 is 6.02. The molecular weight excluding hydrogens is 412 g/mol. The van der Waals surface area contributed by atoms with Crippen LogP contribution in [0.25, 0.3) is 0 Å². The highest BCUT2D eigenvalue weighted by Crippen LogP contribution is 2.54. The number of aliphatic carboxylic acids is 1. The molecule has 3 aliphatic rings. The number of amides is 3. The Morgan fingerprint density at radius 1 is 1.23 bits per heavy atom. The Bertz CT molecular complexity index is 902. The zero-order valence-electron chi connectivity index (χ0n) is 16.5. The van der Waals surface area contributed by atoms with Gasteiger partial charge in [0.15, 0.2) is 11.0 Å². The molecule has 0 saturated carbocycles. The van der Waals surface area contributed by atoms with Crippen molar-refractivity contribution in [1.82, 2.24) is 9.80 Å². The van der Waals surface area contributed by atoms with Crippen LogP contribution in [0.5, 0.6) is 5.75 Å². The van der Waals surface area contributed by atoms with Gasteiger partial charge in [-0.25, -0.2) is 4.79 Å². The monoisotopic (exact) mass is 434 g/mol. The number of hydrogen-bond acceptors (Lipinski definition) is 7. The van der Waals surface area contributed by atoms with Crippen molar-refractivity contribution in [3.63, 3.8) is 0 Å². The van der Waals surface area contributed by atoms with Crippen molar-refractivity contribution in [1.29, 1.82) is 0 Å². The summed E-state index contributed by atoms with van der Waals surface area (Å²) in [6, 6.07) is 5.54. The van der Waals surface area contributed by atoms with Gasteiger partial charge >= 0.3 is 5.97 Å². The number of fused-ring (bicyclic) bond motifs is 1. The van der Waals surface area contributed by atoms with E-state index < -0.39 is 40.2 Å². The summed E-state index contributed by atoms with van der Waals surface area (Å²) in [7, 11) is 0. The maximum absolute atomic E-state index is 12.4. The van der Waals surface area contributed by atoms with Crippen LogP contribution in [0.2, 0.25) is 0 Å². The highest BCUT2D eigenvalue weighted by atomic mass is 32.2. The van der Waals surface area contributed by atoms with Crippen LogP contribution < -0.4 is 4.74 Å². The molecule has 2 N–H and O–H groups in total. The molecule has 3 fully saturated rings. The number of benzene rings is 1. The Hall–Kier alpha value is -2.59. The van der Waals surface area contributed by atoms with Gasteiger partial charge < -0.3 is 19.8 Å². The summed E-state index contributed by atoms with van der Waals surface area (Å²) in [5.41, 5.74) is 0.748. The van der Waals surface area contributed by atoms with Crippen molar-refractivity contribution in [2.75, 3.05) is 0 Å². The first-order valence-corrected chi connectivity index (χ1v) is 10.5. The van der Waals surface area contributed by atoms with Gasteiger partial charge in [-0.05, 0) is 31.5 Å². The fourth-order valence-corrected chi connectivity index (χ4v) is 6.01. The number of β-lactam (4-membered cyclic amide) rings is 1. The van der Waals surface area contributed by atoms with E-state index in [1.165, 1.54) is 28.5 Å². The lowest BCUT2D eigenvalue weighted by atomic mass is 9.90. The highest BCUT2D eigenvalue weighted by molar-refractivity contribution is 8.01. The van der Waals surface area contributed by atoms with Crippen molar-refractivity contribution in [2.24, 2.45) is 5.92 Å². The van der Waals surface area contributed by atoms with Gasteiger partial charge in [0.1, 0.15) is 5.75 Å². The number of aliphatic hydroxyl groups is 1. The fraction of sp³-hybridized carbons (Fsp3) is 0.500. The number of imide groups is 1. The molecule has 3 aliphatic heterocycles. The van der Waals surface area contributed by atoms with Gasteiger partial charge in [0.05, 0.1) is 23.9 Å². The number of carbonyl (C=O) groups is 4. The molecule has 3 amide bonds. The van der Waals surface area contributed by atoms with E-state index in [0.717, 1.165) is 5.56 Å². The number of carbonyl (C=O) groups excluding carboxylic acids is 3. The topological polar surface area (TPSA) is 124 Å². The first-order chi connectivity index (χ1) is 14.1. The molecule has 30 heavy (non-hydrogen) atoms. The summed E-state index contributed by atoms with van der Waals surface area (Å²) in [4.78, 5) is 49.1. The third kappa shape index (κ3) is 3.24. The van der Waals surface area contributed by atoms with Gasteiger partial charge in [0, 0.05) is 12.8 Å². The van der Waals surface area contributed by atoms with Crippen LogP contribution >= 0.6 is 11.8 Å². The number of likely N-dealkylation sites (tertiary alicyclic amines) is 1. The van der Waals surface area contributed by atoms with E-state index in [1.54, 1.807) is 31.2 Å². The lowest BCUT2D eigenvalue weighted by molar-refractivity contribution is -0.171. The zero-order valence-corrected chi connectivity index (χ0v) is 17.3. The molecule has 10 heteroatoms. The molecule has 0 bridgehead atoms. The second kappa shape index (κ2) is 7.28. The summed E-state index contributed by atoms with van der Waals surface area (Å²) in [6.07, 6.45) is -0.412. The SMILES string of the molecule is C[C@@H](O)[C@H]1C(=O)N2C(C(=O)O)C(C)(Oc3ccc(CN4C(=O)CCC4=O)cc3)S[C@H]12. The Kier molecular flexibility index (Phi) is 5.01. The average molecular weight is 434 g/mol. The number of carboxylic acid groups (broad SMARTS) is 1. The first kappa shape index (κ1) is 20.7. The summed E-state index contributed by atoms with van der Waals surface area (Å²) >= 11 is 1.21. The highest BCUT2D eigenvalue weighted by Gasteiger charge is 2.67. The average Bonchev–Trinajstić information content (AvgIpc) is 3.11. The molecule has 5 atom stereocenters. The molecule has 0 aliphatic carbocycles. The molecule has 0 aromatic heterocycles. The summed E-state index contributed by atoms with van der Waals surface area (Å²) in [5, 5.41) is 19.1. The number of aliphatic hydroxyl groups excluding tert-OH is 1. The third-order valence-electron chi connectivity index (χ3n) is 5.74. The van der Waals surface area contributed by atoms with Gasteiger partial charge in [0.25, 0.3) is 0 Å². The van der Waals surface area contributed by atoms with Crippen LogP contribution in [0.1, 0.15) is 32.3 Å².